The predicted molar refractivity (Wildman–Crippen MR) is 74.1 cm³/mol. The Labute approximate surface area is 104 Å². The highest BCUT2D eigenvalue weighted by Gasteiger charge is 2.12. The molecule has 90 valence electrons. The fourth-order valence-corrected chi connectivity index (χ4v) is 2.89. The maximum atomic E-state index is 3.36. The summed E-state index contributed by atoms with van der Waals surface area (Å²) in [6.45, 7) is 4.56. The molecule has 0 saturated carbocycles. The van der Waals surface area contributed by atoms with Crippen molar-refractivity contribution < 1.29 is 0 Å². The summed E-state index contributed by atoms with van der Waals surface area (Å²) in [5.74, 6) is 2.01. The summed E-state index contributed by atoms with van der Waals surface area (Å²) in [5.41, 5.74) is 0. The zero-order valence-corrected chi connectivity index (χ0v) is 11.4. The van der Waals surface area contributed by atoms with Gasteiger partial charge in [0.25, 0.3) is 0 Å². The third-order valence-electron chi connectivity index (χ3n) is 3.19. The van der Waals surface area contributed by atoms with Gasteiger partial charge < -0.3 is 5.32 Å². The topological polar surface area (TPSA) is 12.0 Å². The molecule has 0 bridgehead atoms. The molecule has 0 heterocycles. The molecular formula is C14H23NS. The Balaban J connectivity index is 2.28. The Morgan fingerprint density at radius 1 is 1.25 bits per heavy atom. The van der Waals surface area contributed by atoms with Crippen LogP contribution in [-0.2, 0) is 0 Å². The summed E-state index contributed by atoms with van der Waals surface area (Å²) in [7, 11) is 2.05. The third kappa shape index (κ3) is 4.58. The first kappa shape index (κ1) is 13.6. The number of nitrogens with one attached hydrogen (secondary N) is 1. The van der Waals surface area contributed by atoms with Crippen LogP contribution in [0.1, 0.15) is 26.7 Å². The zero-order valence-electron chi connectivity index (χ0n) is 10.6. The van der Waals surface area contributed by atoms with Gasteiger partial charge in [0.2, 0.25) is 0 Å². The molecule has 0 aromatic heterocycles. The molecule has 0 amide bonds. The normalized spacial score (nSPS) is 14.7. The Bertz CT molecular complexity index is 273. The molecule has 1 aromatic carbocycles. The zero-order chi connectivity index (χ0) is 11.8. The first-order valence-corrected chi connectivity index (χ1v) is 7.11. The highest BCUT2D eigenvalue weighted by atomic mass is 32.2. The number of benzene rings is 1. The summed E-state index contributed by atoms with van der Waals surface area (Å²) in [6, 6.07) is 11.3. The minimum absolute atomic E-state index is 0.626. The number of rotatable bonds is 7. The minimum atomic E-state index is 0.626. The Kier molecular flexibility index (Phi) is 6.58. The van der Waals surface area contributed by atoms with Crippen molar-refractivity contribution in [3.05, 3.63) is 30.3 Å². The van der Waals surface area contributed by atoms with Gasteiger partial charge in [0.15, 0.2) is 0 Å². The van der Waals surface area contributed by atoms with E-state index in [2.05, 4.69) is 56.5 Å². The fourth-order valence-electron chi connectivity index (χ4n) is 1.89. The quantitative estimate of drug-likeness (QED) is 0.724. The lowest BCUT2D eigenvalue weighted by molar-refractivity contribution is 0.375. The smallest absolute Gasteiger partial charge is 0.00719 e. The van der Waals surface area contributed by atoms with Crippen LogP contribution in [0.2, 0.25) is 0 Å². The molecule has 0 radical (unpaired) electrons. The van der Waals surface area contributed by atoms with Crippen LogP contribution in [0.25, 0.3) is 0 Å². The molecule has 0 saturated heterocycles. The van der Waals surface area contributed by atoms with E-state index >= 15 is 0 Å². The SMILES string of the molecule is CCC(CCSc1ccccc1)C(C)NC. The van der Waals surface area contributed by atoms with Crippen molar-refractivity contribution in [1.29, 1.82) is 0 Å². The Hall–Kier alpha value is -0.470. The van der Waals surface area contributed by atoms with Gasteiger partial charge in [0.05, 0.1) is 0 Å². The highest BCUT2D eigenvalue weighted by Crippen LogP contribution is 2.22. The summed E-state index contributed by atoms with van der Waals surface area (Å²) in [6.07, 6.45) is 2.55. The second kappa shape index (κ2) is 7.75. The lowest BCUT2D eigenvalue weighted by Crippen LogP contribution is -2.30. The molecule has 1 N–H and O–H groups in total. The molecule has 16 heavy (non-hydrogen) atoms. The van der Waals surface area contributed by atoms with E-state index in [4.69, 9.17) is 0 Å². The summed E-state index contributed by atoms with van der Waals surface area (Å²) in [5, 5.41) is 3.36. The molecule has 0 fully saturated rings. The van der Waals surface area contributed by atoms with Crippen LogP contribution >= 0.6 is 11.8 Å². The van der Waals surface area contributed by atoms with Gasteiger partial charge in [-0.2, -0.15) is 0 Å². The molecular weight excluding hydrogens is 214 g/mol. The van der Waals surface area contributed by atoms with E-state index in [-0.39, 0.29) is 0 Å². The van der Waals surface area contributed by atoms with Crippen LogP contribution in [0.5, 0.6) is 0 Å². The van der Waals surface area contributed by atoms with Crippen molar-refractivity contribution in [2.45, 2.75) is 37.6 Å². The minimum Gasteiger partial charge on any atom is -0.317 e. The molecule has 1 nitrogen and oxygen atoms in total. The fraction of sp³-hybridized carbons (Fsp3) is 0.571. The van der Waals surface area contributed by atoms with Crippen molar-refractivity contribution in [2.75, 3.05) is 12.8 Å². The average molecular weight is 237 g/mol. The maximum absolute atomic E-state index is 3.36. The van der Waals surface area contributed by atoms with Crippen molar-refractivity contribution in [3.63, 3.8) is 0 Å². The van der Waals surface area contributed by atoms with E-state index in [0.29, 0.717) is 6.04 Å². The van der Waals surface area contributed by atoms with Crippen molar-refractivity contribution in [1.82, 2.24) is 5.32 Å². The molecule has 0 spiro atoms. The van der Waals surface area contributed by atoms with E-state index in [1.54, 1.807) is 0 Å². The predicted octanol–water partition coefficient (Wildman–Crippen LogP) is 3.80. The molecule has 1 rings (SSSR count). The lowest BCUT2D eigenvalue weighted by Gasteiger charge is -2.21. The summed E-state index contributed by atoms with van der Waals surface area (Å²) >= 11 is 1.96. The van der Waals surface area contributed by atoms with Crippen molar-refractivity contribution >= 4 is 11.8 Å². The molecule has 2 heteroatoms. The largest absolute Gasteiger partial charge is 0.317 e. The molecule has 1 aromatic rings. The van der Waals surface area contributed by atoms with Crippen LogP contribution in [0, 0.1) is 5.92 Å². The van der Waals surface area contributed by atoms with Gasteiger partial charge in [0.1, 0.15) is 0 Å². The molecule has 0 aliphatic carbocycles. The van der Waals surface area contributed by atoms with Crippen molar-refractivity contribution in [2.24, 2.45) is 5.92 Å². The third-order valence-corrected chi connectivity index (χ3v) is 4.23. The number of hydrogen-bond donors (Lipinski definition) is 1. The van der Waals surface area contributed by atoms with E-state index in [1.165, 1.54) is 23.5 Å². The van der Waals surface area contributed by atoms with Gasteiger partial charge in [-0.3, -0.25) is 0 Å². The van der Waals surface area contributed by atoms with Crippen LogP contribution < -0.4 is 5.32 Å². The second-order valence-corrected chi connectivity index (χ2v) is 5.36. The monoisotopic (exact) mass is 237 g/mol. The molecule has 0 aliphatic rings. The van der Waals surface area contributed by atoms with E-state index in [9.17, 15) is 0 Å². The van der Waals surface area contributed by atoms with Crippen molar-refractivity contribution in [3.8, 4) is 0 Å². The lowest BCUT2D eigenvalue weighted by atomic mass is 9.96. The average Bonchev–Trinajstić information content (AvgIpc) is 2.35. The first-order chi connectivity index (χ1) is 7.77. The second-order valence-electron chi connectivity index (χ2n) is 4.20. The van der Waals surface area contributed by atoms with E-state index in [1.807, 2.05) is 11.8 Å². The van der Waals surface area contributed by atoms with Gasteiger partial charge in [0, 0.05) is 10.9 Å². The molecule has 0 aliphatic heterocycles. The maximum Gasteiger partial charge on any atom is 0.00719 e. The van der Waals surface area contributed by atoms with Crippen LogP contribution in [0.3, 0.4) is 0 Å². The van der Waals surface area contributed by atoms with Gasteiger partial charge in [-0.05, 0) is 44.2 Å². The van der Waals surface area contributed by atoms with E-state index < -0.39 is 0 Å². The van der Waals surface area contributed by atoms with Gasteiger partial charge in [-0.1, -0.05) is 31.5 Å². The first-order valence-electron chi connectivity index (χ1n) is 6.13. The molecule has 2 unspecified atom stereocenters. The highest BCUT2D eigenvalue weighted by molar-refractivity contribution is 7.99. The Morgan fingerprint density at radius 3 is 2.50 bits per heavy atom. The number of hydrogen-bond acceptors (Lipinski definition) is 2. The van der Waals surface area contributed by atoms with E-state index in [0.717, 1.165) is 5.92 Å². The van der Waals surface area contributed by atoms with Crippen LogP contribution in [-0.4, -0.2) is 18.8 Å². The number of thioether (sulfide) groups is 1. The van der Waals surface area contributed by atoms with Crippen LogP contribution in [0.4, 0.5) is 0 Å². The standard InChI is InChI=1S/C14H23NS/c1-4-13(12(2)15-3)10-11-16-14-8-6-5-7-9-14/h5-9,12-13,15H,4,10-11H2,1-3H3. The van der Waals surface area contributed by atoms with Gasteiger partial charge in [-0.15, -0.1) is 11.8 Å². The molecule has 2 atom stereocenters. The summed E-state index contributed by atoms with van der Waals surface area (Å²) in [4.78, 5) is 1.38. The van der Waals surface area contributed by atoms with Gasteiger partial charge in [-0.25, -0.2) is 0 Å². The summed E-state index contributed by atoms with van der Waals surface area (Å²) < 4.78 is 0. The Morgan fingerprint density at radius 2 is 1.94 bits per heavy atom. The van der Waals surface area contributed by atoms with Gasteiger partial charge >= 0.3 is 0 Å². The van der Waals surface area contributed by atoms with Crippen LogP contribution in [0.15, 0.2) is 35.2 Å².